The fourth-order valence-electron chi connectivity index (χ4n) is 5.02. The van der Waals surface area contributed by atoms with Crippen molar-refractivity contribution in [1.82, 2.24) is 0 Å². The molecule has 2 N–H and O–H groups in total. The minimum Gasteiger partial charge on any atom is -0.497 e. The van der Waals surface area contributed by atoms with Crippen LogP contribution in [0.3, 0.4) is 0 Å². The second-order valence-electron chi connectivity index (χ2n) is 8.75. The van der Waals surface area contributed by atoms with Gasteiger partial charge in [-0.1, -0.05) is 18.2 Å². The van der Waals surface area contributed by atoms with Crippen molar-refractivity contribution in [3.8, 4) is 11.5 Å². The van der Waals surface area contributed by atoms with Crippen LogP contribution >= 0.6 is 0 Å². The first kappa shape index (κ1) is 23.7. The number of hydrogen-bond donors (Lipinski definition) is 2. The van der Waals surface area contributed by atoms with Gasteiger partial charge in [0.05, 0.1) is 35.8 Å². The van der Waals surface area contributed by atoms with Gasteiger partial charge in [-0.05, 0) is 54.3 Å². The highest BCUT2D eigenvalue weighted by molar-refractivity contribution is 7.92. The van der Waals surface area contributed by atoms with Crippen molar-refractivity contribution in [1.29, 1.82) is 0 Å². The lowest BCUT2D eigenvalue weighted by molar-refractivity contribution is -0.384. The number of anilines is 2. The van der Waals surface area contributed by atoms with Crippen LogP contribution in [0.25, 0.3) is 0 Å². The number of ether oxygens (including phenoxy) is 2. The van der Waals surface area contributed by atoms with Gasteiger partial charge in [0, 0.05) is 35.4 Å². The van der Waals surface area contributed by atoms with Crippen LogP contribution in [0.15, 0.2) is 77.7 Å². The summed E-state index contributed by atoms with van der Waals surface area (Å²) in [6.07, 6.45) is 5.08. The Kier molecular flexibility index (Phi) is 6.05. The van der Waals surface area contributed by atoms with E-state index in [2.05, 4.69) is 22.2 Å². The Morgan fingerprint density at radius 2 is 1.86 bits per heavy atom. The molecule has 0 unspecified atom stereocenters. The third kappa shape index (κ3) is 4.24. The monoisotopic (exact) mass is 507 g/mol. The van der Waals surface area contributed by atoms with Crippen LogP contribution in [0.2, 0.25) is 0 Å². The van der Waals surface area contributed by atoms with Gasteiger partial charge in [0.15, 0.2) is 0 Å². The highest BCUT2D eigenvalue weighted by Crippen LogP contribution is 2.51. The van der Waals surface area contributed by atoms with Gasteiger partial charge in [-0.3, -0.25) is 14.8 Å². The number of methoxy groups -OCH3 is 2. The Bertz CT molecular complexity index is 1470. The number of nitro groups is 1. The molecule has 0 aromatic heterocycles. The van der Waals surface area contributed by atoms with Crippen LogP contribution in [0.1, 0.15) is 29.5 Å². The number of nitrogens with zero attached hydrogens (tertiary/aromatic N) is 1. The van der Waals surface area contributed by atoms with E-state index in [1.165, 1.54) is 30.3 Å². The fourth-order valence-corrected chi connectivity index (χ4v) is 6.10. The molecule has 0 spiro atoms. The number of hydrogen-bond acceptors (Lipinski definition) is 7. The molecule has 1 aliphatic heterocycles. The summed E-state index contributed by atoms with van der Waals surface area (Å²) in [5.74, 6) is 1.62. The smallest absolute Gasteiger partial charge is 0.271 e. The number of rotatable bonds is 7. The van der Waals surface area contributed by atoms with Crippen molar-refractivity contribution in [2.24, 2.45) is 5.92 Å². The summed E-state index contributed by atoms with van der Waals surface area (Å²) in [5, 5.41) is 14.7. The molecule has 2 aliphatic rings. The largest absolute Gasteiger partial charge is 0.497 e. The molecular formula is C26H25N3O6S. The second-order valence-corrected chi connectivity index (χ2v) is 10.4. The highest BCUT2D eigenvalue weighted by Gasteiger charge is 2.39. The summed E-state index contributed by atoms with van der Waals surface area (Å²) in [6, 6.07) is 16.1. The molecule has 3 aromatic rings. The average Bonchev–Trinajstić information content (AvgIpc) is 3.38. The van der Waals surface area contributed by atoms with Crippen LogP contribution in [-0.4, -0.2) is 27.6 Å². The topological polar surface area (TPSA) is 120 Å². The Labute approximate surface area is 209 Å². The van der Waals surface area contributed by atoms with E-state index < -0.39 is 14.9 Å². The lowest BCUT2D eigenvalue weighted by Gasteiger charge is -2.38. The molecule has 36 heavy (non-hydrogen) atoms. The molecule has 1 aliphatic carbocycles. The van der Waals surface area contributed by atoms with Gasteiger partial charge in [0.2, 0.25) is 0 Å². The molecule has 9 nitrogen and oxygen atoms in total. The number of allylic oxidation sites excluding steroid dienone is 2. The standard InChI is InChI=1S/C26H25N3O6S/c1-34-18-9-11-22(25(14-18)35-2)26-21-8-4-7-20(21)23-15-19(10-12-24(23)27-26)36(32,33)28-16-5-3-6-17(13-16)29(30)31/h3-7,9-15,20-21,26-28H,8H2,1-2H3/t20-,21+,26-/m0/s1. The third-order valence-electron chi connectivity index (χ3n) is 6.73. The fraction of sp³-hybridized carbons (Fsp3) is 0.231. The molecule has 3 atom stereocenters. The lowest BCUT2D eigenvalue weighted by atomic mass is 9.77. The minimum atomic E-state index is -3.96. The van der Waals surface area contributed by atoms with Gasteiger partial charge in [0.1, 0.15) is 11.5 Å². The van der Waals surface area contributed by atoms with Crippen molar-refractivity contribution in [3.63, 3.8) is 0 Å². The van der Waals surface area contributed by atoms with Crippen molar-refractivity contribution in [3.05, 3.63) is 94.1 Å². The van der Waals surface area contributed by atoms with Gasteiger partial charge in [-0.25, -0.2) is 8.42 Å². The molecule has 10 heteroatoms. The van der Waals surface area contributed by atoms with Crippen LogP contribution in [0.5, 0.6) is 11.5 Å². The normalized spacial score (nSPS) is 20.1. The van der Waals surface area contributed by atoms with E-state index in [9.17, 15) is 18.5 Å². The van der Waals surface area contributed by atoms with Crippen LogP contribution in [-0.2, 0) is 10.0 Å². The SMILES string of the molecule is COc1ccc([C@H]2Nc3ccc(S(=O)(=O)Nc4cccc([N+](=O)[O-])c4)cc3[C@H]3C=CC[C@H]32)c(OC)c1. The molecule has 0 radical (unpaired) electrons. The number of benzene rings is 3. The molecule has 186 valence electrons. The van der Waals surface area contributed by atoms with Crippen LogP contribution in [0, 0.1) is 16.0 Å². The molecule has 0 saturated carbocycles. The quantitative estimate of drug-likeness (QED) is 0.255. The number of nitrogens with one attached hydrogen (secondary N) is 2. The van der Waals surface area contributed by atoms with Gasteiger partial charge >= 0.3 is 0 Å². The van der Waals surface area contributed by atoms with E-state index in [1.807, 2.05) is 18.2 Å². The third-order valence-corrected chi connectivity index (χ3v) is 8.11. The van der Waals surface area contributed by atoms with Gasteiger partial charge in [-0.2, -0.15) is 0 Å². The first-order chi connectivity index (χ1) is 17.3. The summed E-state index contributed by atoms with van der Waals surface area (Å²) >= 11 is 0. The number of nitro benzene ring substituents is 1. The number of sulfonamides is 1. The predicted octanol–water partition coefficient (Wildman–Crippen LogP) is 5.24. The van der Waals surface area contributed by atoms with Crippen LogP contribution in [0.4, 0.5) is 17.1 Å². The molecule has 1 heterocycles. The molecule has 0 amide bonds. The van der Waals surface area contributed by atoms with Crippen molar-refractivity contribution < 1.29 is 22.8 Å². The summed E-state index contributed by atoms with van der Waals surface area (Å²) < 4.78 is 39.7. The van der Waals surface area contributed by atoms with E-state index in [0.29, 0.717) is 5.75 Å². The Morgan fingerprint density at radius 3 is 2.61 bits per heavy atom. The molecule has 0 saturated heterocycles. The lowest BCUT2D eigenvalue weighted by Crippen LogP contribution is -2.29. The van der Waals surface area contributed by atoms with Crippen LogP contribution < -0.4 is 19.5 Å². The Balaban J connectivity index is 1.48. The Hall–Kier alpha value is -4.05. The van der Waals surface area contributed by atoms with Crippen molar-refractivity contribution >= 4 is 27.1 Å². The summed E-state index contributed by atoms with van der Waals surface area (Å²) in [4.78, 5) is 10.6. The van der Waals surface area contributed by atoms with Crippen molar-refractivity contribution in [2.75, 3.05) is 24.3 Å². The summed E-state index contributed by atoms with van der Waals surface area (Å²) in [6.45, 7) is 0. The number of non-ortho nitro benzene ring substituents is 1. The van der Waals surface area contributed by atoms with E-state index in [0.717, 1.165) is 29.0 Å². The highest BCUT2D eigenvalue weighted by atomic mass is 32.2. The maximum absolute atomic E-state index is 13.1. The van der Waals surface area contributed by atoms with E-state index in [-0.39, 0.29) is 34.1 Å². The second kappa shape index (κ2) is 9.19. The zero-order valence-corrected chi connectivity index (χ0v) is 20.5. The molecular weight excluding hydrogens is 482 g/mol. The Morgan fingerprint density at radius 1 is 1.03 bits per heavy atom. The summed E-state index contributed by atoms with van der Waals surface area (Å²) in [7, 11) is -0.719. The van der Waals surface area contributed by atoms with Gasteiger partial charge in [-0.15, -0.1) is 0 Å². The average molecular weight is 508 g/mol. The first-order valence-corrected chi connectivity index (χ1v) is 12.9. The molecule has 0 bridgehead atoms. The number of fused-ring (bicyclic) bond motifs is 3. The first-order valence-electron chi connectivity index (χ1n) is 11.4. The van der Waals surface area contributed by atoms with E-state index >= 15 is 0 Å². The van der Waals surface area contributed by atoms with E-state index in [4.69, 9.17) is 9.47 Å². The summed E-state index contributed by atoms with van der Waals surface area (Å²) in [5.41, 5.74) is 2.68. The van der Waals surface area contributed by atoms with Crippen molar-refractivity contribution in [2.45, 2.75) is 23.3 Å². The predicted molar refractivity (Wildman–Crippen MR) is 136 cm³/mol. The van der Waals surface area contributed by atoms with Gasteiger partial charge < -0.3 is 14.8 Å². The maximum atomic E-state index is 13.1. The van der Waals surface area contributed by atoms with E-state index in [1.54, 1.807) is 26.4 Å². The zero-order chi connectivity index (χ0) is 25.4. The maximum Gasteiger partial charge on any atom is 0.271 e. The molecule has 3 aromatic carbocycles. The van der Waals surface area contributed by atoms with Gasteiger partial charge in [0.25, 0.3) is 15.7 Å². The molecule has 0 fully saturated rings. The minimum absolute atomic E-state index is 0.0195. The zero-order valence-electron chi connectivity index (χ0n) is 19.7. The molecule has 5 rings (SSSR count).